The molecule has 0 radical (unpaired) electrons. The zero-order valence-electron chi connectivity index (χ0n) is 9.23. The molecule has 1 aromatic rings. The maximum Gasteiger partial charge on any atom is 0.250 e. The molecule has 0 unspecified atom stereocenters. The third-order valence-electron chi connectivity index (χ3n) is 1.99. The maximum absolute atomic E-state index is 11.3. The van der Waals surface area contributed by atoms with Gasteiger partial charge in [0.05, 0.1) is 5.60 Å². The minimum Gasteiger partial charge on any atom is -0.389 e. The Morgan fingerprint density at radius 1 is 1.47 bits per heavy atom. The third-order valence-corrected chi connectivity index (χ3v) is 1.99. The monoisotopic (exact) mass is 210 g/mol. The van der Waals surface area contributed by atoms with Crippen LogP contribution in [-0.4, -0.2) is 28.4 Å². The first-order chi connectivity index (χ1) is 6.99. The van der Waals surface area contributed by atoms with Crippen LogP contribution in [0.3, 0.4) is 0 Å². The first-order valence-corrected chi connectivity index (χ1v) is 5.08. The van der Waals surface area contributed by atoms with E-state index in [-0.39, 0.29) is 5.56 Å². The Morgan fingerprint density at radius 2 is 2.20 bits per heavy atom. The zero-order chi connectivity index (χ0) is 11.3. The third kappa shape index (κ3) is 4.76. The molecule has 4 nitrogen and oxygen atoms in total. The smallest absolute Gasteiger partial charge is 0.250 e. The van der Waals surface area contributed by atoms with E-state index in [1.165, 1.54) is 6.07 Å². The molecule has 0 atom stereocenters. The average Bonchev–Trinajstić information content (AvgIpc) is 2.13. The van der Waals surface area contributed by atoms with E-state index in [0.29, 0.717) is 19.6 Å². The van der Waals surface area contributed by atoms with Gasteiger partial charge in [-0.1, -0.05) is 6.07 Å². The summed E-state index contributed by atoms with van der Waals surface area (Å²) in [6, 6.07) is 5.09. The van der Waals surface area contributed by atoms with Gasteiger partial charge in [0.25, 0.3) is 5.56 Å². The molecular formula is C11H18N2O2. The van der Waals surface area contributed by atoms with Gasteiger partial charge in [0.15, 0.2) is 0 Å². The average molecular weight is 210 g/mol. The van der Waals surface area contributed by atoms with Crippen LogP contribution < -0.4 is 10.9 Å². The number of aliphatic hydroxyl groups is 1. The summed E-state index contributed by atoms with van der Waals surface area (Å²) in [5.41, 5.74) is -0.704. The molecule has 0 aliphatic rings. The van der Waals surface area contributed by atoms with Crippen molar-refractivity contribution in [2.45, 2.75) is 26.0 Å². The first kappa shape index (κ1) is 11.9. The number of rotatable bonds is 5. The Morgan fingerprint density at radius 3 is 2.80 bits per heavy atom. The summed E-state index contributed by atoms with van der Waals surface area (Å²) in [5.74, 6) is 0. The molecule has 0 fully saturated rings. The number of hydrogen-bond acceptors (Lipinski definition) is 3. The number of aromatic nitrogens is 1. The van der Waals surface area contributed by atoms with Gasteiger partial charge >= 0.3 is 0 Å². The minimum absolute atomic E-state index is 0.00237. The molecule has 0 saturated heterocycles. The van der Waals surface area contributed by atoms with Crippen LogP contribution in [0.5, 0.6) is 0 Å². The molecule has 0 aliphatic carbocycles. The van der Waals surface area contributed by atoms with E-state index in [4.69, 9.17) is 0 Å². The zero-order valence-corrected chi connectivity index (χ0v) is 9.23. The van der Waals surface area contributed by atoms with Crippen LogP contribution in [0, 0.1) is 0 Å². The van der Waals surface area contributed by atoms with Crippen LogP contribution in [0.15, 0.2) is 29.2 Å². The van der Waals surface area contributed by atoms with Gasteiger partial charge in [-0.15, -0.1) is 0 Å². The topological polar surface area (TPSA) is 54.3 Å². The molecule has 4 heteroatoms. The van der Waals surface area contributed by atoms with Gasteiger partial charge in [0.2, 0.25) is 0 Å². The van der Waals surface area contributed by atoms with E-state index in [9.17, 15) is 9.90 Å². The van der Waals surface area contributed by atoms with Crippen molar-refractivity contribution in [2.75, 3.05) is 13.1 Å². The molecule has 0 spiro atoms. The second kappa shape index (κ2) is 5.09. The summed E-state index contributed by atoms with van der Waals surface area (Å²) >= 11 is 0. The maximum atomic E-state index is 11.3. The Labute approximate surface area is 89.6 Å². The fraction of sp³-hybridized carbons (Fsp3) is 0.545. The highest BCUT2D eigenvalue weighted by molar-refractivity contribution is 4.93. The van der Waals surface area contributed by atoms with E-state index in [1.807, 2.05) is 6.07 Å². The van der Waals surface area contributed by atoms with E-state index in [2.05, 4.69) is 5.32 Å². The Hall–Kier alpha value is -1.13. The molecule has 0 saturated carbocycles. The quantitative estimate of drug-likeness (QED) is 0.683. The molecule has 0 amide bonds. The Kier molecular flexibility index (Phi) is 4.05. The normalized spacial score (nSPS) is 11.7. The van der Waals surface area contributed by atoms with Gasteiger partial charge in [-0.2, -0.15) is 0 Å². The Bertz CT molecular complexity index is 352. The lowest BCUT2D eigenvalue weighted by molar-refractivity contribution is 0.0797. The van der Waals surface area contributed by atoms with Crippen LogP contribution in [-0.2, 0) is 6.54 Å². The van der Waals surface area contributed by atoms with Gasteiger partial charge < -0.3 is 15.0 Å². The summed E-state index contributed by atoms with van der Waals surface area (Å²) in [7, 11) is 0. The van der Waals surface area contributed by atoms with Crippen LogP contribution in [0.25, 0.3) is 0 Å². The number of pyridine rings is 1. The number of nitrogens with zero attached hydrogens (tertiary/aromatic N) is 1. The minimum atomic E-state index is -0.707. The predicted molar refractivity (Wildman–Crippen MR) is 59.9 cm³/mol. The number of hydrogen-bond donors (Lipinski definition) is 2. The van der Waals surface area contributed by atoms with E-state index in [1.54, 1.807) is 30.7 Å². The van der Waals surface area contributed by atoms with Gasteiger partial charge in [-0.3, -0.25) is 4.79 Å². The lowest BCUT2D eigenvalue weighted by Crippen LogP contribution is -2.37. The molecule has 1 heterocycles. The summed E-state index contributed by atoms with van der Waals surface area (Å²) in [6.45, 7) is 5.31. The van der Waals surface area contributed by atoms with Crippen LogP contribution in [0.4, 0.5) is 0 Å². The largest absolute Gasteiger partial charge is 0.389 e. The first-order valence-electron chi connectivity index (χ1n) is 5.08. The molecule has 84 valence electrons. The second-order valence-corrected chi connectivity index (χ2v) is 4.22. The van der Waals surface area contributed by atoms with Crippen molar-refractivity contribution in [3.63, 3.8) is 0 Å². The van der Waals surface area contributed by atoms with Crippen LogP contribution in [0.1, 0.15) is 13.8 Å². The van der Waals surface area contributed by atoms with E-state index >= 15 is 0 Å². The SMILES string of the molecule is CC(C)(O)CNCCn1ccccc1=O. The van der Waals surface area contributed by atoms with Crippen molar-refractivity contribution in [3.8, 4) is 0 Å². The molecule has 2 N–H and O–H groups in total. The molecule has 15 heavy (non-hydrogen) atoms. The summed E-state index contributed by atoms with van der Waals surface area (Å²) < 4.78 is 1.64. The van der Waals surface area contributed by atoms with Crippen molar-refractivity contribution < 1.29 is 5.11 Å². The molecular weight excluding hydrogens is 192 g/mol. The molecule has 0 aliphatic heterocycles. The highest BCUT2D eigenvalue weighted by Gasteiger charge is 2.10. The van der Waals surface area contributed by atoms with Crippen LogP contribution >= 0.6 is 0 Å². The van der Waals surface area contributed by atoms with Gasteiger partial charge in [-0.25, -0.2) is 0 Å². The van der Waals surface area contributed by atoms with Crippen LogP contribution in [0.2, 0.25) is 0 Å². The second-order valence-electron chi connectivity index (χ2n) is 4.22. The van der Waals surface area contributed by atoms with Gasteiger partial charge in [-0.05, 0) is 19.9 Å². The molecule has 0 bridgehead atoms. The summed E-state index contributed by atoms with van der Waals surface area (Å²) in [4.78, 5) is 11.3. The highest BCUT2D eigenvalue weighted by atomic mass is 16.3. The van der Waals surface area contributed by atoms with Crippen molar-refractivity contribution in [1.82, 2.24) is 9.88 Å². The van der Waals surface area contributed by atoms with Crippen molar-refractivity contribution in [3.05, 3.63) is 34.7 Å². The Balaban J connectivity index is 2.33. The summed E-state index contributed by atoms with van der Waals surface area (Å²) in [6.07, 6.45) is 1.76. The molecule has 1 aromatic heterocycles. The standard InChI is InChI=1S/C11H18N2O2/c1-11(2,15)9-12-6-8-13-7-4-3-5-10(13)14/h3-5,7,12,15H,6,8-9H2,1-2H3. The predicted octanol–water partition coefficient (Wildman–Crippen LogP) is 0.209. The van der Waals surface area contributed by atoms with Crippen molar-refractivity contribution in [1.29, 1.82) is 0 Å². The van der Waals surface area contributed by atoms with E-state index in [0.717, 1.165) is 0 Å². The van der Waals surface area contributed by atoms with Gasteiger partial charge in [0.1, 0.15) is 0 Å². The fourth-order valence-corrected chi connectivity index (χ4v) is 1.24. The van der Waals surface area contributed by atoms with E-state index < -0.39 is 5.60 Å². The molecule has 0 aromatic carbocycles. The lowest BCUT2D eigenvalue weighted by atomic mass is 10.1. The van der Waals surface area contributed by atoms with Crippen molar-refractivity contribution >= 4 is 0 Å². The lowest BCUT2D eigenvalue weighted by Gasteiger charge is -2.17. The highest BCUT2D eigenvalue weighted by Crippen LogP contribution is 1.96. The number of nitrogens with one attached hydrogen (secondary N) is 1. The fourth-order valence-electron chi connectivity index (χ4n) is 1.24. The van der Waals surface area contributed by atoms with Gasteiger partial charge in [0, 0.05) is 31.9 Å². The molecule has 1 rings (SSSR count). The summed E-state index contributed by atoms with van der Waals surface area (Å²) in [5, 5.41) is 12.5. The van der Waals surface area contributed by atoms with Crippen molar-refractivity contribution in [2.24, 2.45) is 0 Å².